The second-order valence-corrected chi connectivity index (χ2v) is 7.05. The van der Waals surface area contributed by atoms with Gasteiger partial charge in [0.25, 0.3) is 0 Å². The molecule has 28 heavy (non-hydrogen) atoms. The molecular weight excluding hydrogens is 352 g/mol. The lowest BCUT2D eigenvalue weighted by atomic mass is 9.93. The number of amides is 1. The van der Waals surface area contributed by atoms with Crippen LogP contribution in [0.5, 0.6) is 0 Å². The summed E-state index contributed by atoms with van der Waals surface area (Å²) in [5.74, 6) is 2.09. The first kappa shape index (κ1) is 18.3. The Morgan fingerprint density at radius 1 is 1.18 bits per heavy atom. The molecule has 1 amide bonds. The highest BCUT2D eigenvalue weighted by Gasteiger charge is 2.28. The Kier molecular flexibility index (Phi) is 5.41. The van der Waals surface area contributed by atoms with E-state index in [0.717, 1.165) is 48.7 Å². The van der Waals surface area contributed by atoms with Gasteiger partial charge in [0.1, 0.15) is 5.82 Å². The molecule has 4 heterocycles. The van der Waals surface area contributed by atoms with Gasteiger partial charge in [0, 0.05) is 62.6 Å². The van der Waals surface area contributed by atoms with Gasteiger partial charge >= 0.3 is 0 Å². The monoisotopic (exact) mass is 376 g/mol. The highest BCUT2D eigenvalue weighted by molar-refractivity contribution is 5.78. The second-order valence-electron chi connectivity index (χ2n) is 7.05. The number of carbonyl (C=O) groups excluding carboxylic acids is 1. The van der Waals surface area contributed by atoms with E-state index in [2.05, 4.69) is 26.9 Å². The fourth-order valence-electron chi connectivity index (χ4n) is 3.82. The average molecular weight is 376 g/mol. The summed E-state index contributed by atoms with van der Waals surface area (Å²) in [6.07, 6.45) is 13.8. The molecule has 0 saturated carbocycles. The van der Waals surface area contributed by atoms with E-state index in [1.54, 1.807) is 31.0 Å². The van der Waals surface area contributed by atoms with Gasteiger partial charge in [0.15, 0.2) is 5.82 Å². The number of hydrogen-bond donors (Lipinski definition) is 0. The maximum absolute atomic E-state index is 12.8. The molecule has 0 N–H and O–H groups in total. The Hall–Kier alpha value is -3.09. The minimum absolute atomic E-state index is 0.139. The van der Waals surface area contributed by atoms with E-state index in [1.807, 2.05) is 27.8 Å². The predicted molar refractivity (Wildman–Crippen MR) is 105 cm³/mol. The Labute approximate surface area is 164 Å². The van der Waals surface area contributed by atoms with Gasteiger partial charge in [-0.25, -0.2) is 9.97 Å². The van der Waals surface area contributed by atoms with Crippen LogP contribution < -0.4 is 0 Å². The molecule has 0 aromatic carbocycles. The number of imidazole rings is 1. The minimum Gasteiger partial charge on any atom is -0.342 e. The summed E-state index contributed by atoms with van der Waals surface area (Å²) < 4.78 is 2.01. The van der Waals surface area contributed by atoms with E-state index in [9.17, 15) is 4.79 Å². The third kappa shape index (κ3) is 3.78. The number of likely N-dealkylation sites (tertiary alicyclic amines) is 1. The number of piperidine rings is 1. The van der Waals surface area contributed by atoms with Gasteiger partial charge in [-0.15, -0.1) is 0 Å². The number of aryl methyl sites for hydroxylation is 1. The van der Waals surface area contributed by atoms with Crippen LogP contribution in [0.4, 0.5) is 0 Å². The highest BCUT2D eigenvalue weighted by atomic mass is 16.2. The van der Waals surface area contributed by atoms with Crippen molar-refractivity contribution in [2.75, 3.05) is 13.1 Å². The molecule has 0 unspecified atom stereocenters. The third-order valence-corrected chi connectivity index (χ3v) is 5.21. The standard InChI is InChI=1S/C21H24N6O/c1-2-18-23-10-12-27(18)21-20(24-8-9-25-21)17-6-4-11-26(15-17)19(28)13-16-5-3-7-22-14-16/h3,5,7-10,12,14,17H,2,4,6,11,13,15H2,1H3/t17-/m0/s1. The van der Waals surface area contributed by atoms with Crippen LogP contribution in [0.25, 0.3) is 5.82 Å². The summed E-state index contributed by atoms with van der Waals surface area (Å²) in [5.41, 5.74) is 1.88. The van der Waals surface area contributed by atoms with Crippen LogP contribution in [0, 0.1) is 0 Å². The quantitative estimate of drug-likeness (QED) is 0.684. The van der Waals surface area contributed by atoms with Crippen molar-refractivity contribution in [1.82, 2.24) is 29.4 Å². The number of hydrogen-bond acceptors (Lipinski definition) is 5. The molecule has 144 valence electrons. The fraction of sp³-hybridized carbons (Fsp3) is 0.381. The van der Waals surface area contributed by atoms with Gasteiger partial charge in [-0.2, -0.15) is 0 Å². The maximum Gasteiger partial charge on any atom is 0.227 e. The molecule has 0 aliphatic carbocycles. The predicted octanol–water partition coefficient (Wildman–Crippen LogP) is 2.57. The van der Waals surface area contributed by atoms with Gasteiger partial charge in [-0.3, -0.25) is 19.3 Å². The summed E-state index contributed by atoms with van der Waals surface area (Å²) in [4.78, 5) is 32.5. The van der Waals surface area contributed by atoms with Gasteiger partial charge in [-0.1, -0.05) is 13.0 Å². The van der Waals surface area contributed by atoms with Crippen molar-refractivity contribution in [3.8, 4) is 5.82 Å². The van der Waals surface area contributed by atoms with Crippen LogP contribution in [-0.2, 0) is 17.6 Å². The van der Waals surface area contributed by atoms with Crippen molar-refractivity contribution in [3.05, 3.63) is 66.4 Å². The molecule has 7 nitrogen and oxygen atoms in total. The van der Waals surface area contributed by atoms with Crippen molar-refractivity contribution >= 4 is 5.91 Å². The molecule has 1 aliphatic rings. The van der Waals surface area contributed by atoms with Crippen molar-refractivity contribution < 1.29 is 4.79 Å². The molecule has 3 aromatic rings. The zero-order valence-corrected chi connectivity index (χ0v) is 16.0. The van der Waals surface area contributed by atoms with Crippen molar-refractivity contribution in [2.24, 2.45) is 0 Å². The molecule has 1 saturated heterocycles. The number of pyridine rings is 1. The minimum atomic E-state index is 0.139. The zero-order chi connectivity index (χ0) is 19.3. The Balaban J connectivity index is 1.55. The van der Waals surface area contributed by atoms with Gasteiger partial charge in [0.05, 0.1) is 12.1 Å². The molecule has 1 fully saturated rings. The van der Waals surface area contributed by atoms with E-state index >= 15 is 0 Å². The van der Waals surface area contributed by atoms with E-state index in [-0.39, 0.29) is 11.8 Å². The lowest BCUT2D eigenvalue weighted by molar-refractivity contribution is -0.131. The summed E-state index contributed by atoms with van der Waals surface area (Å²) in [7, 11) is 0. The van der Waals surface area contributed by atoms with Crippen molar-refractivity contribution in [3.63, 3.8) is 0 Å². The molecule has 1 aliphatic heterocycles. The van der Waals surface area contributed by atoms with Crippen LogP contribution in [0.15, 0.2) is 49.3 Å². The normalized spacial score (nSPS) is 16.9. The van der Waals surface area contributed by atoms with Gasteiger partial charge in [0.2, 0.25) is 5.91 Å². The van der Waals surface area contributed by atoms with Crippen molar-refractivity contribution in [2.45, 2.75) is 38.5 Å². The highest BCUT2D eigenvalue weighted by Crippen LogP contribution is 2.29. The second kappa shape index (κ2) is 8.29. The topological polar surface area (TPSA) is 76.8 Å². The van der Waals surface area contributed by atoms with E-state index in [1.165, 1.54) is 0 Å². The van der Waals surface area contributed by atoms with Crippen LogP contribution in [0.2, 0.25) is 0 Å². The fourth-order valence-corrected chi connectivity index (χ4v) is 3.82. The lowest BCUT2D eigenvalue weighted by Gasteiger charge is -2.33. The van der Waals surface area contributed by atoms with Crippen LogP contribution >= 0.6 is 0 Å². The first-order valence-corrected chi connectivity index (χ1v) is 9.76. The summed E-state index contributed by atoms with van der Waals surface area (Å²) in [6, 6.07) is 3.81. The zero-order valence-electron chi connectivity index (χ0n) is 16.0. The van der Waals surface area contributed by atoms with Crippen LogP contribution in [0.3, 0.4) is 0 Å². The molecule has 7 heteroatoms. The third-order valence-electron chi connectivity index (χ3n) is 5.21. The SMILES string of the molecule is CCc1nccn1-c1nccnc1[C@H]1CCCN(C(=O)Cc2cccnc2)C1. The van der Waals surface area contributed by atoms with E-state index < -0.39 is 0 Å². The molecule has 3 aromatic heterocycles. The Bertz CT molecular complexity index is 939. The molecular formula is C21H24N6O. The Morgan fingerprint density at radius 3 is 2.89 bits per heavy atom. The van der Waals surface area contributed by atoms with Crippen molar-refractivity contribution in [1.29, 1.82) is 0 Å². The molecule has 4 rings (SSSR count). The van der Waals surface area contributed by atoms with Gasteiger partial charge in [-0.05, 0) is 24.5 Å². The van der Waals surface area contributed by atoms with Gasteiger partial charge < -0.3 is 4.90 Å². The number of aromatic nitrogens is 5. The lowest BCUT2D eigenvalue weighted by Crippen LogP contribution is -2.40. The average Bonchev–Trinajstić information content (AvgIpc) is 3.23. The van der Waals surface area contributed by atoms with E-state index in [4.69, 9.17) is 0 Å². The summed E-state index contributed by atoms with van der Waals surface area (Å²) in [5, 5.41) is 0. The molecule has 1 atom stereocenters. The number of carbonyl (C=O) groups is 1. The summed E-state index contributed by atoms with van der Waals surface area (Å²) in [6.45, 7) is 3.53. The van der Waals surface area contributed by atoms with Crippen LogP contribution in [0.1, 0.15) is 42.8 Å². The first-order valence-electron chi connectivity index (χ1n) is 9.76. The Morgan fingerprint density at radius 2 is 2.07 bits per heavy atom. The number of rotatable bonds is 5. The summed E-state index contributed by atoms with van der Waals surface area (Å²) >= 11 is 0. The largest absolute Gasteiger partial charge is 0.342 e. The molecule has 0 radical (unpaired) electrons. The molecule has 0 spiro atoms. The smallest absolute Gasteiger partial charge is 0.227 e. The first-order chi connectivity index (χ1) is 13.8. The van der Waals surface area contributed by atoms with Crippen LogP contribution in [-0.4, -0.2) is 48.4 Å². The maximum atomic E-state index is 12.8. The number of nitrogens with zero attached hydrogens (tertiary/aromatic N) is 6. The van der Waals surface area contributed by atoms with E-state index in [0.29, 0.717) is 13.0 Å². The molecule has 0 bridgehead atoms.